The number of rotatable bonds is 0. The van der Waals surface area contributed by atoms with Crippen molar-refractivity contribution >= 4 is 35.2 Å². The van der Waals surface area contributed by atoms with E-state index in [4.69, 9.17) is 23.2 Å². The van der Waals surface area contributed by atoms with Gasteiger partial charge in [0.25, 0.3) is 5.91 Å². The molecule has 0 bridgehead atoms. The molecule has 0 saturated heterocycles. The standard InChI is InChI=1S/C7H2Cl2N2O/c8-3-1-4-5(11-7(3)9)2-6(12)10-4/h1-2H. The van der Waals surface area contributed by atoms with Crippen LogP contribution in [0, 0.1) is 0 Å². The first-order chi connectivity index (χ1) is 5.66. The van der Waals surface area contributed by atoms with E-state index in [1.54, 1.807) is 0 Å². The summed E-state index contributed by atoms with van der Waals surface area (Å²) in [6, 6.07) is 1.52. The van der Waals surface area contributed by atoms with Crippen LogP contribution in [0.25, 0.3) is 6.08 Å². The highest BCUT2D eigenvalue weighted by atomic mass is 35.5. The Labute approximate surface area is 77.3 Å². The second-order valence-electron chi connectivity index (χ2n) is 2.26. The Bertz CT molecular complexity index is 438. The highest BCUT2D eigenvalue weighted by molar-refractivity contribution is 6.41. The molecule has 1 aliphatic rings. The third-order valence-corrected chi connectivity index (χ3v) is 2.11. The van der Waals surface area contributed by atoms with Gasteiger partial charge in [0.15, 0.2) is 0 Å². The molecule has 12 heavy (non-hydrogen) atoms. The van der Waals surface area contributed by atoms with Crippen molar-refractivity contribution in [2.24, 2.45) is 4.99 Å². The molecular formula is C7H2Cl2N2O. The lowest BCUT2D eigenvalue weighted by molar-refractivity contribution is -0.112. The summed E-state index contributed by atoms with van der Waals surface area (Å²) >= 11 is 11.3. The number of nitrogens with zero attached hydrogens (tertiary/aromatic N) is 2. The molecule has 0 atom stereocenters. The van der Waals surface area contributed by atoms with E-state index >= 15 is 0 Å². The molecule has 0 aromatic carbocycles. The Morgan fingerprint density at radius 2 is 2.08 bits per heavy atom. The molecule has 0 aliphatic carbocycles. The predicted octanol–water partition coefficient (Wildman–Crippen LogP) is 0.329. The van der Waals surface area contributed by atoms with Crippen LogP contribution in [0.3, 0.4) is 0 Å². The maximum absolute atomic E-state index is 10.8. The second-order valence-corrected chi connectivity index (χ2v) is 3.02. The number of hydrogen-bond donors (Lipinski definition) is 0. The van der Waals surface area contributed by atoms with E-state index < -0.39 is 0 Å². The van der Waals surface area contributed by atoms with Gasteiger partial charge in [0.1, 0.15) is 5.15 Å². The topological polar surface area (TPSA) is 42.3 Å². The van der Waals surface area contributed by atoms with E-state index in [1.165, 1.54) is 12.1 Å². The van der Waals surface area contributed by atoms with Gasteiger partial charge in [0.2, 0.25) is 0 Å². The average Bonchev–Trinajstić information content (AvgIpc) is 2.30. The van der Waals surface area contributed by atoms with Crippen LogP contribution >= 0.6 is 23.2 Å². The summed E-state index contributed by atoms with van der Waals surface area (Å²) in [5.41, 5.74) is 0. The molecule has 3 nitrogen and oxygen atoms in total. The van der Waals surface area contributed by atoms with Crippen molar-refractivity contribution < 1.29 is 4.79 Å². The Balaban J connectivity index is 2.89. The minimum absolute atomic E-state index is 0.191. The lowest BCUT2D eigenvalue weighted by Gasteiger charge is -1.90. The van der Waals surface area contributed by atoms with Crippen LogP contribution in [0.2, 0.25) is 10.2 Å². The lowest BCUT2D eigenvalue weighted by atomic mass is 10.4. The van der Waals surface area contributed by atoms with Gasteiger partial charge < -0.3 is 0 Å². The van der Waals surface area contributed by atoms with Crippen molar-refractivity contribution in [1.29, 1.82) is 0 Å². The first-order valence-electron chi connectivity index (χ1n) is 3.13. The highest BCUT2D eigenvalue weighted by Gasteiger charge is 2.07. The van der Waals surface area contributed by atoms with E-state index in [0.29, 0.717) is 15.7 Å². The summed E-state index contributed by atoms with van der Waals surface area (Å²) < 4.78 is 0. The van der Waals surface area contributed by atoms with E-state index in [0.717, 1.165) is 0 Å². The van der Waals surface area contributed by atoms with Gasteiger partial charge in [0.05, 0.1) is 15.7 Å². The molecule has 1 aliphatic heterocycles. The molecule has 0 fully saturated rings. The van der Waals surface area contributed by atoms with Gasteiger partial charge in [-0.3, -0.25) is 4.79 Å². The molecule has 1 aromatic rings. The third kappa shape index (κ3) is 1.11. The molecule has 2 heterocycles. The van der Waals surface area contributed by atoms with E-state index in [2.05, 4.69) is 9.98 Å². The Kier molecular flexibility index (Phi) is 1.63. The monoisotopic (exact) mass is 200 g/mol. The fraction of sp³-hybridized carbons (Fsp3) is 0. The molecular weight excluding hydrogens is 199 g/mol. The number of aromatic nitrogens is 1. The van der Waals surface area contributed by atoms with Gasteiger partial charge in [-0.25, -0.2) is 9.98 Å². The van der Waals surface area contributed by atoms with E-state index in [9.17, 15) is 4.79 Å². The molecule has 0 radical (unpaired) electrons. The van der Waals surface area contributed by atoms with Crippen molar-refractivity contribution in [2.75, 3.05) is 0 Å². The molecule has 60 valence electrons. The third-order valence-electron chi connectivity index (χ3n) is 1.43. The minimum atomic E-state index is -0.323. The molecule has 1 amide bonds. The van der Waals surface area contributed by atoms with E-state index in [-0.39, 0.29) is 11.1 Å². The number of fused-ring (bicyclic) bond motifs is 1. The molecule has 0 unspecified atom stereocenters. The molecule has 0 spiro atoms. The summed E-state index contributed by atoms with van der Waals surface area (Å²) in [6.45, 7) is 0. The molecule has 2 rings (SSSR count). The fourth-order valence-corrected chi connectivity index (χ4v) is 1.22. The SMILES string of the molecule is O=C1C=c2nc(Cl)c(Cl)cc2=N1. The van der Waals surface area contributed by atoms with Gasteiger partial charge in [-0.05, 0) is 6.07 Å². The van der Waals surface area contributed by atoms with Gasteiger partial charge in [-0.1, -0.05) is 23.2 Å². The zero-order valence-corrected chi connectivity index (χ0v) is 7.23. The van der Waals surface area contributed by atoms with Gasteiger partial charge in [-0.2, -0.15) is 0 Å². The maximum Gasteiger partial charge on any atom is 0.272 e. The highest BCUT2D eigenvalue weighted by Crippen LogP contribution is 2.14. The van der Waals surface area contributed by atoms with Crippen molar-refractivity contribution in [1.82, 2.24) is 4.98 Å². The number of amides is 1. The minimum Gasteiger partial charge on any atom is -0.267 e. The maximum atomic E-state index is 10.8. The van der Waals surface area contributed by atoms with E-state index in [1.807, 2.05) is 0 Å². The Hall–Kier alpha value is -0.930. The van der Waals surface area contributed by atoms with Crippen LogP contribution in [0.15, 0.2) is 11.1 Å². The van der Waals surface area contributed by atoms with Gasteiger partial charge in [0, 0.05) is 6.08 Å². The van der Waals surface area contributed by atoms with Crippen molar-refractivity contribution in [3.05, 3.63) is 26.9 Å². The predicted molar refractivity (Wildman–Crippen MR) is 44.5 cm³/mol. The lowest BCUT2D eigenvalue weighted by Crippen LogP contribution is -2.25. The molecule has 0 N–H and O–H groups in total. The van der Waals surface area contributed by atoms with Gasteiger partial charge >= 0.3 is 0 Å². The number of pyridine rings is 1. The zero-order valence-electron chi connectivity index (χ0n) is 5.71. The number of hydrogen-bond acceptors (Lipinski definition) is 2. The van der Waals surface area contributed by atoms with Crippen LogP contribution < -0.4 is 10.7 Å². The van der Waals surface area contributed by atoms with Crippen LogP contribution in [0.4, 0.5) is 0 Å². The normalized spacial score (nSPS) is 13.7. The average molecular weight is 201 g/mol. The smallest absolute Gasteiger partial charge is 0.267 e. The second kappa shape index (κ2) is 2.54. The number of carbonyl (C=O) groups is 1. The fourth-order valence-electron chi connectivity index (χ4n) is 0.934. The number of carbonyl (C=O) groups excluding carboxylic acids is 1. The first-order valence-corrected chi connectivity index (χ1v) is 3.89. The zero-order chi connectivity index (χ0) is 8.72. The Morgan fingerprint density at radius 1 is 1.33 bits per heavy atom. The summed E-state index contributed by atoms with van der Waals surface area (Å²) in [7, 11) is 0. The Morgan fingerprint density at radius 3 is 2.83 bits per heavy atom. The first kappa shape index (κ1) is 7.71. The van der Waals surface area contributed by atoms with Crippen LogP contribution in [0.5, 0.6) is 0 Å². The summed E-state index contributed by atoms with van der Waals surface area (Å²) in [4.78, 5) is 18.3. The van der Waals surface area contributed by atoms with Crippen molar-refractivity contribution in [3.8, 4) is 0 Å². The van der Waals surface area contributed by atoms with Gasteiger partial charge in [-0.15, -0.1) is 0 Å². The van der Waals surface area contributed by atoms with Crippen LogP contribution in [0.1, 0.15) is 0 Å². The molecule has 0 saturated carbocycles. The molecule has 1 aromatic heterocycles. The van der Waals surface area contributed by atoms with Crippen LogP contribution in [-0.4, -0.2) is 10.9 Å². The van der Waals surface area contributed by atoms with Crippen molar-refractivity contribution in [2.45, 2.75) is 0 Å². The van der Waals surface area contributed by atoms with Crippen LogP contribution in [-0.2, 0) is 4.79 Å². The van der Waals surface area contributed by atoms with Crippen molar-refractivity contribution in [3.63, 3.8) is 0 Å². The molecule has 5 heteroatoms. The largest absolute Gasteiger partial charge is 0.272 e. The number of halogens is 2. The summed E-state index contributed by atoms with van der Waals surface area (Å²) in [5, 5.41) is 1.46. The summed E-state index contributed by atoms with van der Waals surface area (Å²) in [5.74, 6) is -0.323. The summed E-state index contributed by atoms with van der Waals surface area (Å²) in [6.07, 6.45) is 1.32. The quantitative estimate of drug-likeness (QED) is 0.567.